The fourth-order valence-electron chi connectivity index (χ4n) is 3.25. The molecule has 4 nitrogen and oxygen atoms in total. The van der Waals surface area contributed by atoms with Crippen molar-refractivity contribution >= 4 is 17.2 Å². The molecule has 5 heteroatoms. The molecule has 0 bridgehead atoms. The van der Waals surface area contributed by atoms with Crippen molar-refractivity contribution in [1.82, 2.24) is 15.2 Å². The zero-order valence-corrected chi connectivity index (χ0v) is 14.5. The Morgan fingerprint density at radius 3 is 2.55 bits per heavy atom. The van der Waals surface area contributed by atoms with Gasteiger partial charge in [0.2, 0.25) is 5.91 Å². The van der Waals surface area contributed by atoms with Crippen LogP contribution < -0.4 is 5.32 Å². The SMILES string of the molecule is Cc1csc(C(NC(=O)C(C)N2CCCCCC2)C2CC2)n1. The normalized spacial score (nSPS) is 22.8. The number of amides is 1. The predicted molar refractivity (Wildman–Crippen MR) is 90.0 cm³/mol. The highest BCUT2D eigenvalue weighted by Crippen LogP contribution is 2.41. The van der Waals surface area contributed by atoms with Crippen molar-refractivity contribution in [3.05, 3.63) is 16.1 Å². The lowest BCUT2D eigenvalue weighted by Gasteiger charge is -2.28. The van der Waals surface area contributed by atoms with Crippen LogP contribution in [0.5, 0.6) is 0 Å². The minimum absolute atomic E-state index is 0.0274. The summed E-state index contributed by atoms with van der Waals surface area (Å²) in [4.78, 5) is 19.7. The Bertz CT molecular complexity index is 504. The average Bonchev–Trinajstić information content (AvgIpc) is 3.30. The summed E-state index contributed by atoms with van der Waals surface area (Å²) in [6.45, 7) is 6.18. The number of carbonyl (C=O) groups excluding carboxylic acids is 1. The van der Waals surface area contributed by atoms with Gasteiger partial charge in [-0.25, -0.2) is 4.98 Å². The number of hydrogen-bond donors (Lipinski definition) is 1. The maximum absolute atomic E-state index is 12.7. The van der Waals surface area contributed by atoms with Crippen molar-refractivity contribution in [3.8, 4) is 0 Å². The zero-order chi connectivity index (χ0) is 15.5. The molecular weight excluding hydrogens is 294 g/mol. The number of thiazole rings is 1. The minimum atomic E-state index is -0.0274. The Hall–Kier alpha value is -0.940. The summed E-state index contributed by atoms with van der Waals surface area (Å²) in [6, 6.07) is 0.0982. The first-order valence-corrected chi connectivity index (χ1v) is 9.49. The second kappa shape index (κ2) is 7.09. The summed E-state index contributed by atoms with van der Waals surface area (Å²) in [5.74, 6) is 0.762. The molecule has 2 fully saturated rings. The number of aromatic nitrogens is 1. The van der Waals surface area contributed by atoms with E-state index in [2.05, 4.69) is 27.5 Å². The predicted octanol–water partition coefficient (Wildman–Crippen LogP) is 3.28. The van der Waals surface area contributed by atoms with Crippen LogP contribution in [0.3, 0.4) is 0 Å². The molecule has 2 atom stereocenters. The lowest BCUT2D eigenvalue weighted by atomic mass is 10.1. The number of hydrogen-bond acceptors (Lipinski definition) is 4. The molecule has 1 amide bonds. The van der Waals surface area contributed by atoms with Gasteiger partial charge in [0.25, 0.3) is 0 Å². The second-order valence-corrected chi connectivity index (χ2v) is 7.67. The molecule has 1 aliphatic heterocycles. The topological polar surface area (TPSA) is 45.2 Å². The van der Waals surface area contributed by atoms with E-state index in [4.69, 9.17) is 0 Å². The fraction of sp³-hybridized carbons (Fsp3) is 0.765. The summed E-state index contributed by atoms with van der Waals surface area (Å²) >= 11 is 1.68. The number of carbonyl (C=O) groups is 1. The van der Waals surface area contributed by atoms with Crippen molar-refractivity contribution in [2.45, 2.75) is 64.5 Å². The van der Waals surface area contributed by atoms with Crippen LogP contribution in [0.25, 0.3) is 0 Å². The van der Waals surface area contributed by atoms with Gasteiger partial charge in [-0.1, -0.05) is 12.8 Å². The molecular formula is C17H27N3OS. The van der Waals surface area contributed by atoms with Crippen molar-refractivity contribution in [3.63, 3.8) is 0 Å². The molecule has 1 aliphatic carbocycles. The Balaban J connectivity index is 1.63. The summed E-state index contributed by atoms with van der Waals surface area (Å²) < 4.78 is 0. The van der Waals surface area contributed by atoms with Crippen molar-refractivity contribution in [2.24, 2.45) is 5.92 Å². The molecule has 0 radical (unpaired) electrons. The second-order valence-electron chi connectivity index (χ2n) is 6.78. The highest BCUT2D eigenvalue weighted by atomic mass is 32.1. The van der Waals surface area contributed by atoms with Gasteiger partial charge < -0.3 is 5.32 Å². The first kappa shape index (κ1) is 15.9. The number of rotatable bonds is 5. The van der Waals surface area contributed by atoms with Crippen molar-refractivity contribution in [1.29, 1.82) is 0 Å². The maximum atomic E-state index is 12.7. The van der Waals surface area contributed by atoms with Gasteiger partial charge in [0, 0.05) is 11.1 Å². The average molecular weight is 321 g/mol. The van der Waals surface area contributed by atoms with Gasteiger partial charge in [-0.05, 0) is 58.5 Å². The zero-order valence-electron chi connectivity index (χ0n) is 13.7. The van der Waals surface area contributed by atoms with Crippen LogP contribution in [0.15, 0.2) is 5.38 Å². The summed E-state index contributed by atoms with van der Waals surface area (Å²) in [7, 11) is 0. The lowest BCUT2D eigenvalue weighted by Crippen LogP contribution is -2.46. The maximum Gasteiger partial charge on any atom is 0.237 e. The molecule has 1 saturated heterocycles. The Labute approximate surface area is 137 Å². The smallest absolute Gasteiger partial charge is 0.237 e. The molecule has 122 valence electrons. The highest BCUT2D eigenvalue weighted by Gasteiger charge is 2.36. The molecule has 22 heavy (non-hydrogen) atoms. The van der Waals surface area contributed by atoms with E-state index in [0.717, 1.165) is 23.8 Å². The van der Waals surface area contributed by atoms with Gasteiger partial charge >= 0.3 is 0 Å². The van der Waals surface area contributed by atoms with Crippen LogP contribution >= 0.6 is 11.3 Å². The molecule has 2 aliphatic rings. The largest absolute Gasteiger partial charge is 0.345 e. The van der Waals surface area contributed by atoms with Gasteiger partial charge in [0.15, 0.2) is 0 Å². The van der Waals surface area contributed by atoms with Crippen LogP contribution in [-0.4, -0.2) is 34.9 Å². The van der Waals surface area contributed by atoms with Gasteiger partial charge in [-0.3, -0.25) is 9.69 Å². The van der Waals surface area contributed by atoms with E-state index in [1.807, 2.05) is 6.92 Å². The molecule has 3 rings (SSSR count). The fourth-order valence-corrected chi connectivity index (χ4v) is 4.19. The van der Waals surface area contributed by atoms with Crippen LogP contribution in [0.4, 0.5) is 0 Å². The van der Waals surface area contributed by atoms with Gasteiger partial charge in [0.1, 0.15) is 5.01 Å². The van der Waals surface area contributed by atoms with E-state index in [-0.39, 0.29) is 18.0 Å². The number of nitrogens with zero attached hydrogens (tertiary/aromatic N) is 2. The molecule has 2 unspecified atom stereocenters. The molecule has 1 N–H and O–H groups in total. The molecule has 2 heterocycles. The van der Waals surface area contributed by atoms with Crippen molar-refractivity contribution < 1.29 is 4.79 Å². The number of nitrogens with one attached hydrogen (secondary N) is 1. The molecule has 0 aromatic carbocycles. The first-order valence-electron chi connectivity index (χ1n) is 8.61. The third kappa shape index (κ3) is 3.87. The Kier molecular flexibility index (Phi) is 5.14. The van der Waals surface area contributed by atoms with Crippen molar-refractivity contribution in [2.75, 3.05) is 13.1 Å². The van der Waals surface area contributed by atoms with E-state index in [0.29, 0.717) is 5.92 Å². The van der Waals surface area contributed by atoms with Crippen LogP contribution in [0.2, 0.25) is 0 Å². The lowest BCUT2D eigenvalue weighted by molar-refractivity contribution is -0.126. The third-order valence-electron chi connectivity index (χ3n) is 4.86. The summed E-state index contributed by atoms with van der Waals surface area (Å²) in [6.07, 6.45) is 7.45. The van der Waals surface area contributed by atoms with Crippen LogP contribution in [0.1, 0.15) is 62.2 Å². The van der Waals surface area contributed by atoms with E-state index in [9.17, 15) is 4.79 Å². The first-order chi connectivity index (χ1) is 10.6. The Morgan fingerprint density at radius 2 is 2.00 bits per heavy atom. The van der Waals surface area contributed by atoms with Gasteiger partial charge in [0.05, 0.1) is 12.1 Å². The molecule has 0 spiro atoms. The monoisotopic (exact) mass is 321 g/mol. The van der Waals surface area contributed by atoms with E-state index >= 15 is 0 Å². The van der Waals surface area contributed by atoms with Gasteiger partial charge in [-0.15, -0.1) is 11.3 Å². The van der Waals surface area contributed by atoms with Gasteiger partial charge in [-0.2, -0.15) is 0 Å². The minimum Gasteiger partial charge on any atom is -0.345 e. The molecule has 1 aromatic heterocycles. The number of aryl methyl sites for hydroxylation is 1. The standard InChI is InChI=1S/C17H27N3OS/c1-12-11-22-17(18-12)15(14-7-8-14)19-16(21)13(2)20-9-5-3-4-6-10-20/h11,13-15H,3-10H2,1-2H3,(H,19,21). The van der Waals surface area contributed by atoms with Crippen LogP contribution in [-0.2, 0) is 4.79 Å². The van der Waals surface area contributed by atoms with Crippen LogP contribution in [0, 0.1) is 12.8 Å². The summed E-state index contributed by atoms with van der Waals surface area (Å²) in [5, 5.41) is 6.45. The third-order valence-corrected chi connectivity index (χ3v) is 5.91. The van der Waals surface area contributed by atoms with E-state index in [1.165, 1.54) is 38.5 Å². The van der Waals surface area contributed by atoms with E-state index < -0.39 is 0 Å². The highest BCUT2D eigenvalue weighted by molar-refractivity contribution is 7.09. The Morgan fingerprint density at radius 1 is 1.32 bits per heavy atom. The van der Waals surface area contributed by atoms with E-state index in [1.54, 1.807) is 11.3 Å². The summed E-state index contributed by atoms with van der Waals surface area (Å²) in [5.41, 5.74) is 1.06. The molecule has 1 aromatic rings. The molecule has 1 saturated carbocycles. The quantitative estimate of drug-likeness (QED) is 0.905. The number of likely N-dealkylation sites (tertiary alicyclic amines) is 1.